The van der Waals surface area contributed by atoms with E-state index >= 15 is 0 Å². The van der Waals surface area contributed by atoms with E-state index in [1.807, 2.05) is 53.4 Å². The van der Waals surface area contributed by atoms with E-state index in [9.17, 15) is 4.79 Å². The van der Waals surface area contributed by atoms with Crippen molar-refractivity contribution in [3.05, 3.63) is 65.7 Å². The lowest BCUT2D eigenvalue weighted by atomic mass is 10.1. The maximum absolute atomic E-state index is 13.8. The van der Waals surface area contributed by atoms with Crippen LogP contribution in [0, 0.1) is 6.92 Å². The Hall–Kier alpha value is -3.00. The number of carbonyl (C=O) groups excluding carboxylic acids is 1. The summed E-state index contributed by atoms with van der Waals surface area (Å²) in [6.45, 7) is 6.62. The molecule has 1 amide bonds. The summed E-state index contributed by atoms with van der Waals surface area (Å²) >= 11 is 1.55. The van der Waals surface area contributed by atoms with Gasteiger partial charge in [-0.1, -0.05) is 47.7 Å². The molecule has 0 radical (unpaired) electrons. The molecule has 1 fully saturated rings. The highest BCUT2D eigenvalue weighted by molar-refractivity contribution is 7.22. The molecule has 1 saturated heterocycles. The summed E-state index contributed by atoms with van der Waals surface area (Å²) in [5.41, 5.74) is 2.60. The highest BCUT2D eigenvalue weighted by Gasteiger charge is 2.24. The van der Waals surface area contributed by atoms with E-state index in [1.54, 1.807) is 18.4 Å². The van der Waals surface area contributed by atoms with Gasteiger partial charge in [-0.05, 0) is 41.5 Å². The van der Waals surface area contributed by atoms with Gasteiger partial charge in [0.15, 0.2) is 5.13 Å². The summed E-state index contributed by atoms with van der Waals surface area (Å²) in [7, 11) is 1.65. The zero-order valence-corrected chi connectivity index (χ0v) is 19.7. The number of methoxy groups -OCH3 is 1. The molecule has 1 aliphatic rings. The highest BCUT2D eigenvalue weighted by Crippen LogP contribution is 2.37. The van der Waals surface area contributed by atoms with Crippen molar-refractivity contribution in [3.8, 4) is 5.75 Å². The van der Waals surface area contributed by atoms with Crippen LogP contribution in [0.1, 0.15) is 15.9 Å². The molecular weight excluding hydrogens is 434 g/mol. The molecule has 0 bridgehead atoms. The van der Waals surface area contributed by atoms with Gasteiger partial charge in [0.1, 0.15) is 11.3 Å². The van der Waals surface area contributed by atoms with Gasteiger partial charge in [0.05, 0.1) is 25.0 Å². The summed E-state index contributed by atoms with van der Waals surface area (Å²) in [4.78, 5) is 22.8. The van der Waals surface area contributed by atoms with Crippen molar-refractivity contribution in [1.29, 1.82) is 0 Å². The molecule has 170 valence electrons. The second-order valence-electron chi connectivity index (χ2n) is 8.23. The molecule has 1 aliphatic heterocycles. The van der Waals surface area contributed by atoms with Gasteiger partial charge in [-0.25, -0.2) is 4.98 Å². The topological polar surface area (TPSA) is 54.9 Å². The van der Waals surface area contributed by atoms with Crippen molar-refractivity contribution in [2.75, 3.05) is 51.4 Å². The van der Waals surface area contributed by atoms with Gasteiger partial charge in [-0.15, -0.1) is 0 Å². The fraction of sp³-hybridized carbons (Fsp3) is 0.308. The third-order valence-electron chi connectivity index (χ3n) is 6.13. The third kappa shape index (κ3) is 4.44. The first-order valence-corrected chi connectivity index (χ1v) is 12.0. The number of rotatable bonds is 6. The van der Waals surface area contributed by atoms with Crippen molar-refractivity contribution >= 4 is 43.4 Å². The van der Waals surface area contributed by atoms with Crippen LogP contribution < -0.4 is 9.64 Å². The van der Waals surface area contributed by atoms with Crippen molar-refractivity contribution in [2.45, 2.75) is 6.92 Å². The summed E-state index contributed by atoms with van der Waals surface area (Å²) in [6.07, 6.45) is 0. The van der Waals surface area contributed by atoms with Gasteiger partial charge in [-0.3, -0.25) is 14.6 Å². The summed E-state index contributed by atoms with van der Waals surface area (Å²) in [5, 5.41) is 2.87. The van der Waals surface area contributed by atoms with Crippen LogP contribution in [0.25, 0.3) is 21.0 Å². The Balaban J connectivity index is 1.52. The number of hydrogen-bond donors (Lipinski definition) is 0. The zero-order chi connectivity index (χ0) is 22.8. The average Bonchev–Trinajstić information content (AvgIpc) is 3.31. The molecule has 4 aromatic rings. The number of aromatic nitrogens is 1. The number of morpholine rings is 1. The summed E-state index contributed by atoms with van der Waals surface area (Å²) in [6, 6.07) is 18.0. The minimum atomic E-state index is -0.0373. The zero-order valence-electron chi connectivity index (χ0n) is 18.9. The quantitative estimate of drug-likeness (QED) is 0.415. The molecule has 0 N–H and O–H groups in total. The maximum atomic E-state index is 13.8. The van der Waals surface area contributed by atoms with Crippen LogP contribution in [-0.2, 0) is 4.74 Å². The predicted octanol–water partition coefficient (Wildman–Crippen LogP) is 4.75. The van der Waals surface area contributed by atoms with Crippen LogP contribution in [0.3, 0.4) is 0 Å². The number of thiazole rings is 1. The summed E-state index contributed by atoms with van der Waals surface area (Å²) in [5.74, 6) is 0.689. The molecule has 3 aromatic carbocycles. The monoisotopic (exact) mass is 461 g/mol. The molecule has 0 unspecified atom stereocenters. The fourth-order valence-electron chi connectivity index (χ4n) is 4.21. The van der Waals surface area contributed by atoms with Gasteiger partial charge >= 0.3 is 0 Å². The van der Waals surface area contributed by atoms with Crippen molar-refractivity contribution in [3.63, 3.8) is 0 Å². The van der Waals surface area contributed by atoms with Gasteiger partial charge in [0, 0.05) is 31.7 Å². The molecular formula is C26H27N3O3S. The Bertz CT molecular complexity index is 1300. The number of hydrogen-bond acceptors (Lipinski definition) is 6. The summed E-state index contributed by atoms with van der Waals surface area (Å²) < 4.78 is 12.1. The normalized spacial score (nSPS) is 14.6. The smallest absolute Gasteiger partial charge is 0.260 e. The van der Waals surface area contributed by atoms with Crippen molar-refractivity contribution < 1.29 is 14.3 Å². The number of aryl methyl sites for hydroxylation is 1. The Morgan fingerprint density at radius 2 is 1.91 bits per heavy atom. The lowest BCUT2D eigenvalue weighted by Gasteiger charge is -2.29. The molecule has 0 spiro atoms. The van der Waals surface area contributed by atoms with Crippen LogP contribution in [0.5, 0.6) is 5.75 Å². The number of nitrogens with zero attached hydrogens (tertiary/aromatic N) is 3. The third-order valence-corrected chi connectivity index (χ3v) is 7.34. The second-order valence-corrected chi connectivity index (χ2v) is 9.21. The lowest BCUT2D eigenvalue weighted by Crippen LogP contribution is -2.43. The maximum Gasteiger partial charge on any atom is 0.260 e. The van der Waals surface area contributed by atoms with Crippen molar-refractivity contribution in [2.24, 2.45) is 0 Å². The van der Waals surface area contributed by atoms with Crippen LogP contribution in [0.2, 0.25) is 0 Å². The second kappa shape index (κ2) is 9.47. The largest absolute Gasteiger partial charge is 0.494 e. The molecule has 33 heavy (non-hydrogen) atoms. The minimum Gasteiger partial charge on any atom is -0.494 e. The van der Waals surface area contributed by atoms with Crippen LogP contribution in [-0.4, -0.2) is 62.3 Å². The van der Waals surface area contributed by atoms with E-state index in [4.69, 9.17) is 14.5 Å². The number of benzene rings is 3. The SMILES string of the molecule is COc1ccc(C)c2sc(N(CCN3CCOCC3)C(=O)c3ccc4ccccc4c3)nc12. The molecule has 0 saturated carbocycles. The first-order valence-electron chi connectivity index (χ1n) is 11.2. The van der Waals surface area contributed by atoms with Crippen LogP contribution in [0.4, 0.5) is 5.13 Å². The molecule has 6 nitrogen and oxygen atoms in total. The van der Waals surface area contributed by atoms with Gasteiger partial charge < -0.3 is 9.47 Å². The van der Waals surface area contributed by atoms with E-state index in [1.165, 1.54) is 0 Å². The average molecular weight is 462 g/mol. The van der Waals surface area contributed by atoms with E-state index in [2.05, 4.69) is 17.9 Å². The minimum absolute atomic E-state index is 0.0373. The number of ether oxygens (including phenoxy) is 2. The molecule has 0 atom stereocenters. The Morgan fingerprint density at radius 1 is 1.12 bits per heavy atom. The molecule has 7 heteroatoms. The lowest BCUT2D eigenvalue weighted by molar-refractivity contribution is 0.0391. The Morgan fingerprint density at radius 3 is 2.70 bits per heavy atom. The molecule has 2 heterocycles. The van der Waals surface area contributed by atoms with E-state index < -0.39 is 0 Å². The van der Waals surface area contributed by atoms with Crippen molar-refractivity contribution in [1.82, 2.24) is 9.88 Å². The number of amides is 1. The van der Waals surface area contributed by atoms with Crippen LogP contribution >= 0.6 is 11.3 Å². The first-order chi connectivity index (χ1) is 16.1. The number of anilines is 1. The fourth-order valence-corrected chi connectivity index (χ4v) is 5.28. The van der Waals surface area contributed by atoms with E-state index in [0.717, 1.165) is 65.2 Å². The van der Waals surface area contributed by atoms with Gasteiger partial charge in [0.25, 0.3) is 5.91 Å². The van der Waals surface area contributed by atoms with Gasteiger partial charge in [-0.2, -0.15) is 0 Å². The first kappa shape index (κ1) is 21.8. The van der Waals surface area contributed by atoms with E-state index in [-0.39, 0.29) is 5.91 Å². The predicted molar refractivity (Wildman–Crippen MR) is 134 cm³/mol. The molecule has 1 aromatic heterocycles. The Labute approximate surface area is 197 Å². The standard InChI is InChI=1S/C26H27N3O3S/c1-18-7-10-22(31-2)23-24(18)33-26(27-23)29(12-11-28-13-15-32-16-14-28)25(30)21-9-8-19-5-3-4-6-20(19)17-21/h3-10,17H,11-16H2,1-2H3. The van der Waals surface area contributed by atoms with Crippen LogP contribution in [0.15, 0.2) is 54.6 Å². The Kier molecular flexibility index (Phi) is 6.26. The number of fused-ring (bicyclic) bond motifs is 2. The van der Waals surface area contributed by atoms with E-state index in [0.29, 0.717) is 17.2 Å². The molecule has 0 aliphatic carbocycles. The highest BCUT2D eigenvalue weighted by atomic mass is 32.1. The van der Waals surface area contributed by atoms with Gasteiger partial charge in [0.2, 0.25) is 0 Å². The number of carbonyl (C=O) groups is 1. The molecule has 5 rings (SSSR count).